The van der Waals surface area contributed by atoms with Crippen molar-refractivity contribution < 1.29 is 18.7 Å². The Hall–Kier alpha value is -2.27. The molecule has 1 aromatic carbocycles. The summed E-state index contributed by atoms with van der Waals surface area (Å²) < 4.78 is 16.2. The number of furan rings is 1. The molecule has 0 radical (unpaired) electrons. The van der Waals surface area contributed by atoms with Gasteiger partial charge in [0.1, 0.15) is 5.76 Å². The molecule has 0 unspecified atom stereocenters. The summed E-state index contributed by atoms with van der Waals surface area (Å²) in [6.45, 7) is 2.47. The van der Waals surface area contributed by atoms with Gasteiger partial charge in [-0.2, -0.15) is 0 Å². The Morgan fingerprint density at radius 3 is 2.90 bits per heavy atom. The number of fused-ring (bicyclic) bond motifs is 1. The lowest BCUT2D eigenvalue weighted by molar-refractivity contribution is -0.129. The van der Waals surface area contributed by atoms with Crippen molar-refractivity contribution in [1.82, 2.24) is 4.90 Å². The van der Waals surface area contributed by atoms with Crippen molar-refractivity contribution >= 4 is 23.0 Å². The summed E-state index contributed by atoms with van der Waals surface area (Å²) in [5.41, 5.74) is 0.693. The van der Waals surface area contributed by atoms with E-state index in [0.29, 0.717) is 43.4 Å². The van der Waals surface area contributed by atoms with E-state index in [1.807, 2.05) is 24.3 Å². The topological polar surface area (TPSA) is 51.9 Å². The van der Waals surface area contributed by atoms with Crippen molar-refractivity contribution in [1.29, 1.82) is 0 Å². The highest BCUT2D eigenvalue weighted by molar-refractivity contribution is 5.92. The van der Waals surface area contributed by atoms with Gasteiger partial charge in [0.25, 0.3) is 0 Å². The Balaban J connectivity index is 1.78. The van der Waals surface area contributed by atoms with Gasteiger partial charge < -0.3 is 18.8 Å². The predicted octanol–water partition coefficient (Wildman–Crippen LogP) is 2.31. The van der Waals surface area contributed by atoms with Gasteiger partial charge in [0, 0.05) is 24.6 Å². The smallest absolute Gasteiger partial charge is 0.246 e. The number of para-hydroxylation sites is 1. The van der Waals surface area contributed by atoms with Crippen LogP contribution in [0.5, 0.6) is 5.75 Å². The van der Waals surface area contributed by atoms with Crippen molar-refractivity contribution in [2.24, 2.45) is 0 Å². The third kappa shape index (κ3) is 2.92. The van der Waals surface area contributed by atoms with Gasteiger partial charge in [-0.05, 0) is 18.2 Å². The Kier molecular flexibility index (Phi) is 3.92. The van der Waals surface area contributed by atoms with E-state index in [1.165, 1.54) is 6.08 Å². The first-order chi connectivity index (χ1) is 10.3. The number of hydrogen-bond donors (Lipinski definition) is 0. The average molecular weight is 287 g/mol. The fourth-order valence-electron chi connectivity index (χ4n) is 2.34. The first-order valence-corrected chi connectivity index (χ1v) is 6.89. The molecule has 0 atom stereocenters. The number of rotatable bonds is 3. The quantitative estimate of drug-likeness (QED) is 0.813. The van der Waals surface area contributed by atoms with Gasteiger partial charge in [-0.3, -0.25) is 4.79 Å². The van der Waals surface area contributed by atoms with E-state index in [1.54, 1.807) is 18.1 Å². The molecule has 1 amide bonds. The summed E-state index contributed by atoms with van der Waals surface area (Å²) in [4.78, 5) is 13.8. The van der Waals surface area contributed by atoms with Crippen LogP contribution in [0, 0.1) is 0 Å². The second-order valence-electron chi connectivity index (χ2n) is 4.80. The first kappa shape index (κ1) is 13.7. The molecule has 2 aromatic rings. The highest BCUT2D eigenvalue weighted by Gasteiger charge is 2.14. The normalized spacial score (nSPS) is 15.8. The zero-order valence-corrected chi connectivity index (χ0v) is 11.9. The van der Waals surface area contributed by atoms with E-state index in [0.717, 1.165) is 5.39 Å². The lowest BCUT2D eigenvalue weighted by Crippen LogP contribution is -2.39. The Morgan fingerprint density at radius 1 is 1.33 bits per heavy atom. The molecule has 1 aliphatic heterocycles. The molecule has 3 rings (SSSR count). The molecule has 0 spiro atoms. The van der Waals surface area contributed by atoms with Crippen molar-refractivity contribution in [3.8, 4) is 5.75 Å². The molecule has 1 saturated heterocycles. The van der Waals surface area contributed by atoms with Gasteiger partial charge in [0.05, 0.1) is 20.3 Å². The lowest BCUT2D eigenvalue weighted by atomic mass is 10.2. The number of benzene rings is 1. The number of ether oxygens (including phenoxy) is 2. The van der Waals surface area contributed by atoms with Crippen LogP contribution in [0.1, 0.15) is 5.76 Å². The van der Waals surface area contributed by atoms with Crippen molar-refractivity contribution in [3.05, 3.63) is 36.1 Å². The molecular weight excluding hydrogens is 270 g/mol. The number of carbonyl (C=O) groups excluding carboxylic acids is 1. The van der Waals surface area contributed by atoms with Gasteiger partial charge in [0.15, 0.2) is 11.3 Å². The lowest BCUT2D eigenvalue weighted by Gasteiger charge is -2.25. The minimum atomic E-state index is -0.0225. The molecule has 5 heteroatoms. The Morgan fingerprint density at radius 2 is 2.14 bits per heavy atom. The van der Waals surface area contributed by atoms with Crippen LogP contribution >= 0.6 is 0 Å². The van der Waals surface area contributed by atoms with Crippen molar-refractivity contribution in [2.75, 3.05) is 33.4 Å². The molecule has 110 valence electrons. The van der Waals surface area contributed by atoms with Crippen LogP contribution in [-0.2, 0) is 9.53 Å². The largest absolute Gasteiger partial charge is 0.493 e. The van der Waals surface area contributed by atoms with E-state index >= 15 is 0 Å². The van der Waals surface area contributed by atoms with Crippen LogP contribution in [0.25, 0.3) is 17.0 Å². The maximum absolute atomic E-state index is 12.0. The third-order valence-electron chi connectivity index (χ3n) is 3.46. The molecule has 0 aliphatic carbocycles. The van der Waals surface area contributed by atoms with Crippen molar-refractivity contribution in [3.63, 3.8) is 0 Å². The van der Waals surface area contributed by atoms with Gasteiger partial charge in [-0.25, -0.2) is 0 Å². The summed E-state index contributed by atoms with van der Waals surface area (Å²) >= 11 is 0. The SMILES string of the molecule is COc1cccc2cc(/C=C/C(=O)N3CCOCC3)oc12. The highest BCUT2D eigenvalue weighted by atomic mass is 16.5. The molecule has 0 saturated carbocycles. The van der Waals surface area contributed by atoms with Gasteiger partial charge in [0.2, 0.25) is 5.91 Å². The summed E-state index contributed by atoms with van der Waals surface area (Å²) in [6.07, 6.45) is 3.23. The second-order valence-corrected chi connectivity index (χ2v) is 4.80. The number of carbonyl (C=O) groups is 1. The van der Waals surface area contributed by atoms with Crippen LogP contribution in [0.3, 0.4) is 0 Å². The number of methoxy groups -OCH3 is 1. The standard InChI is InChI=1S/C16H17NO4/c1-19-14-4-2-3-12-11-13(21-16(12)14)5-6-15(18)17-7-9-20-10-8-17/h2-6,11H,7-10H2,1H3/b6-5+. The predicted molar refractivity (Wildman–Crippen MR) is 79.2 cm³/mol. The Bertz CT molecular complexity index is 668. The molecule has 1 aromatic heterocycles. The molecule has 1 aliphatic rings. The molecule has 0 N–H and O–H groups in total. The van der Waals surface area contributed by atoms with Gasteiger partial charge in [-0.1, -0.05) is 12.1 Å². The fourth-order valence-corrected chi connectivity index (χ4v) is 2.34. The molecule has 2 heterocycles. The molecular formula is C16H17NO4. The molecule has 21 heavy (non-hydrogen) atoms. The van der Waals surface area contributed by atoms with E-state index in [9.17, 15) is 4.79 Å². The highest BCUT2D eigenvalue weighted by Crippen LogP contribution is 2.28. The van der Waals surface area contributed by atoms with Crippen LogP contribution in [0.15, 0.2) is 34.8 Å². The molecule has 1 fully saturated rings. The second kappa shape index (κ2) is 6.01. The van der Waals surface area contributed by atoms with Crippen LogP contribution < -0.4 is 4.74 Å². The average Bonchev–Trinajstić information content (AvgIpc) is 2.96. The number of morpholine rings is 1. The molecule has 5 nitrogen and oxygen atoms in total. The van der Waals surface area contributed by atoms with E-state index in [-0.39, 0.29) is 5.91 Å². The number of hydrogen-bond acceptors (Lipinski definition) is 4. The van der Waals surface area contributed by atoms with Crippen LogP contribution in [-0.4, -0.2) is 44.2 Å². The number of nitrogens with zero attached hydrogens (tertiary/aromatic N) is 1. The van der Waals surface area contributed by atoms with E-state index in [4.69, 9.17) is 13.9 Å². The maximum Gasteiger partial charge on any atom is 0.246 e. The van der Waals surface area contributed by atoms with Crippen molar-refractivity contribution in [2.45, 2.75) is 0 Å². The molecule has 0 bridgehead atoms. The van der Waals surface area contributed by atoms with Gasteiger partial charge in [-0.15, -0.1) is 0 Å². The zero-order chi connectivity index (χ0) is 14.7. The van der Waals surface area contributed by atoms with Gasteiger partial charge >= 0.3 is 0 Å². The first-order valence-electron chi connectivity index (χ1n) is 6.89. The number of amides is 1. The minimum absolute atomic E-state index is 0.0225. The fraction of sp³-hybridized carbons (Fsp3) is 0.312. The maximum atomic E-state index is 12.0. The minimum Gasteiger partial charge on any atom is -0.493 e. The monoisotopic (exact) mass is 287 g/mol. The van der Waals surface area contributed by atoms with Crippen LogP contribution in [0.4, 0.5) is 0 Å². The summed E-state index contributed by atoms with van der Waals surface area (Å²) in [7, 11) is 1.61. The van der Waals surface area contributed by atoms with E-state index in [2.05, 4.69) is 0 Å². The van der Waals surface area contributed by atoms with Crippen LogP contribution in [0.2, 0.25) is 0 Å². The Labute approximate surface area is 122 Å². The summed E-state index contributed by atoms with van der Waals surface area (Å²) in [5.74, 6) is 1.30. The summed E-state index contributed by atoms with van der Waals surface area (Å²) in [5, 5.41) is 0.952. The summed E-state index contributed by atoms with van der Waals surface area (Å²) in [6, 6.07) is 7.59. The van der Waals surface area contributed by atoms with E-state index < -0.39 is 0 Å². The third-order valence-corrected chi connectivity index (χ3v) is 3.46. The zero-order valence-electron chi connectivity index (χ0n) is 11.9.